The maximum atomic E-state index is 13.4. The normalized spacial score (nSPS) is 28.8. The van der Waals surface area contributed by atoms with E-state index in [1.54, 1.807) is 0 Å². The Morgan fingerprint density at radius 3 is 1.56 bits per heavy atom. The molecule has 2 rings (SSSR count). The Kier molecular flexibility index (Phi) is 30.9. The van der Waals surface area contributed by atoms with Crippen LogP contribution in [0.4, 0.5) is 0 Å². The molecule has 1 saturated heterocycles. The lowest BCUT2D eigenvalue weighted by Gasteiger charge is -2.47. The van der Waals surface area contributed by atoms with E-state index in [4.69, 9.17) is 28.0 Å². The first-order valence-corrected chi connectivity index (χ1v) is 25.5. The largest absolute Gasteiger partial charge is 0.472 e. The van der Waals surface area contributed by atoms with Gasteiger partial charge >= 0.3 is 19.8 Å². The van der Waals surface area contributed by atoms with Crippen LogP contribution >= 0.6 is 7.82 Å². The fourth-order valence-electron chi connectivity index (χ4n) is 7.70. The molecule has 19 heteroatoms. The van der Waals surface area contributed by atoms with E-state index in [1.165, 1.54) is 77.0 Å². The van der Waals surface area contributed by atoms with Crippen LogP contribution in [0.1, 0.15) is 168 Å². The summed E-state index contributed by atoms with van der Waals surface area (Å²) in [6, 6.07) is 0. The van der Waals surface area contributed by atoms with Crippen LogP contribution in [0.3, 0.4) is 0 Å². The number of hydrogen-bond donors (Lipinski definition) is 9. The van der Waals surface area contributed by atoms with Crippen LogP contribution in [0.5, 0.6) is 0 Å². The van der Waals surface area contributed by atoms with Gasteiger partial charge in [-0.05, 0) is 38.5 Å². The lowest BCUT2D eigenvalue weighted by Crippen LogP contribution is -2.67. The van der Waals surface area contributed by atoms with Crippen molar-refractivity contribution >= 4 is 19.8 Å². The van der Waals surface area contributed by atoms with Gasteiger partial charge in [0.15, 0.2) is 12.4 Å². The highest BCUT2D eigenvalue weighted by Crippen LogP contribution is 2.48. The smallest absolute Gasteiger partial charge is 0.462 e. The van der Waals surface area contributed by atoms with Crippen molar-refractivity contribution in [3.63, 3.8) is 0 Å². The van der Waals surface area contributed by atoms with Gasteiger partial charge in [0.25, 0.3) is 0 Å². The van der Waals surface area contributed by atoms with E-state index in [9.17, 15) is 59.9 Å². The van der Waals surface area contributed by atoms with Crippen molar-refractivity contribution in [2.45, 2.75) is 241 Å². The number of allylic oxidation sites excluding steroid dienone is 2. The third-order valence-electron chi connectivity index (χ3n) is 11.7. The van der Waals surface area contributed by atoms with Crippen LogP contribution in [-0.2, 0) is 42.1 Å². The van der Waals surface area contributed by atoms with Gasteiger partial charge in [-0.2, -0.15) is 0 Å². The lowest BCUT2D eigenvalue weighted by molar-refractivity contribution is -0.338. The number of phosphoric acid groups is 1. The third kappa shape index (κ3) is 22.9. The summed E-state index contributed by atoms with van der Waals surface area (Å²) in [4.78, 5) is 36.4. The number of unbranched alkanes of at least 4 members (excludes halogenated alkanes) is 19. The molecule has 0 bridgehead atoms. The number of carbonyl (C=O) groups excluding carboxylic acids is 2. The molecule has 64 heavy (non-hydrogen) atoms. The summed E-state index contributed by atoms with van der Waals surface area (Å²) in [5.41, 5.74) is 0. The predicted octanol–water partition coefficient (Wildman–Crippen LogP) is 4.54. The van der Waals surface area contributed by atoms with Crippen LogP contribution in [0.15, 0.2) is 12.2 Å². The molecule has 1 saturated carbocycles. The molecule has 1 aliphatic carbocycles. The Labute approximate surface area is 380 Å². The molecule has 0 aromatic heterocycles. The summed E-state index contributed by atoms with van der Waals surface area (Å²) in [5, 5.41) is 82.8. The zero-order chi connectivity index (χ0) is 47.3. The number of hydrogen-bond acceptors (Lipinski definition) is 17. The van der Waals surface area contributed by atoms with Crippen molar-refractivity contribution in [3.8, 4) is 0 Å². The summed E-state index contributed by atoms with van der Waals surface area (Å²) < 4.78 is 45.3. The standard InChI is InChI=1S/C45H83O18P/c1-3-5-7-9-11-13-15-16-18-20-22-24-26-28-35(48)60-32(30-58-34(47)27-25-23-21-19-17-14-12-10-8-6-4-2)31-59-64(56,57)63-44-41(54)39(52)38(51)40(53)43(44)62-45-42(55)37(50)36(49)33(29-46)61-45/h16,18,32-33,36-46,49-55H,3-15,17,19-31H2,1-2H3,(H,56,57)/b18-16-. The molecule has 1 heterocycles. The molecular weight excluding hydrogens is 859 g/mol. The Hall–Kier alpha value is -1.61. The van der Waals surface area contributed by atoms with Gasteiger partial charge in [-0.15, -0.1) is 0 Å². The van der Waals surface area contributed by atoms with Gasteiger partial charge in [0.1, 0.15) is 67.6 Å². The summed E-state index contributed by atoms with van der Waals surface area (Å²) in [6.07, 6.45) is 4.61. The van der Waals surface area contributed by atoms with Crippen molar-refractivity contribution in [1.82, 2.24) is 0 Å². The molecular formula is C45H83O18P. The minimum absolute atomic E-state index is 0.0152. The third-order valence-corrected chi connectivity index (χ3v) is 12.7. The fourth-order valence-corrected chi connectivity index (χ4v) is 8.66. The Bertz CT molecular complexity index is 1310. The second kappa shape index (κ2) is 33.8. The molecule has 376 valence electrons. The minimum Gasteiger partial charge on any atom is -0.462 e. The first-order chi connectivity index (χ1) is 30.7. The van der Waals surface area contributed by atoms with Crippen molar-refractivity contribution < 1.29 is 87.9 Å². The molecule has 0 radical (unpaired) electrons. The molecule has 18 nitrogen and oxygen atoms in total. The molecule has 0 spiro atoms. The molecule has 1 aliphatic heterocycles. The average molecular weight is 943 g/mol. The number of rotatable bonds is 36. The highest BCUT2D eigenvalue weighted by atomic mass is 31.2. The van der Waals surface area contributed by atoms with Crippen LogP contribution in [0, 0.1) is 0 Å². The van der Waals surface area contributed by atoms with Gasteiger partial charge in [-0.1, -0.05) is 129 Å². The van der Waals surface area contributed by atoms with Crippen LogP contribution in [-0.4, -0.2) is 151 Å². The van der Waals surface area contributed by atoms with Crippen molar-refractivity contribution in [1.29, 1.82) is 0 Å². The Morgan fingerprint density at radius 1 is 0.578 bits per heavy atom. The first kappa shape index (κ1) is 58.5. The van der Waals surface area contributed by atoms with Gasteiger partial charge in [-0.25, -0.2) is 4.57 Å². The minimum atomic E-state index is -5.37. The molecule has 13 atom stereocenters. The zero-order valence-electron chi connectivity index (χ0n) is 38.3. The van der Waals surface area contributed by atoms with Crippen LogP contribution in [0.2, 0.25) is 0 Å². The Balaban J connectivity index is 1.99. The topological polar surface area (TPSA) is 289 Å². The highest BCUT2D eigenvalue weighted by molar-refractivity contribution is 7.47. The number of phosphoric ester groups is 1. The molecule has 0 aromatic carbocycles. The summed E-state index contributed by atoms with van der Waals surface area (Å²) >= 11 is 0. The van der Waals surface area contributed by atoms with Gasteiger partial charge in [-0.3, -0.25) is 18.6 Å². The second-order valence-electron chi connectivity index (χ2n) is 17.3. The summed E-state index contributed by atoms with van der Waals surface area (Å²) in [6.45, 7) is 2.18. The van der Waals surface area contributed by atoms with E-state index in [0.717, 1.165) is 51.4 Å². The number of aliphatic hydroxyl groups is 8. The first-order valence-electron chi connectivity index (χ1n) is 24.0. The van der Waals surface area contributed by atoms with E-state index < -0.39 is 113 Å². The van der Waals surface area contributed by atoms with E-state index in [2.05, 4.69) is 26.0 Å². The quantitative estimate of drug-likeness (QED) is 0.0180. The zero-order valence-corrected chi connectivity index (χ0v) is 39.2. The SMILES string of the molecule is CCCCCCCC/C=C\CCCCCC(=O)OC(COC(=O)CCCCCCCCCCCCC)COP(=O)(O)OC1C(O)C(O)C(O)C(O)C1OC1OC(CO)C(O)C(O)C1O. The van der Waals surface area contributed by atoms with Gasteiger partial charge in [0.05, 0.1) is 13.2 Å². The summed E-state index contributed by atoms with van der Waals surface area (Å²) in [7, 11) is -5.37. The van der Waals surface area contributed by atoms with E-state index in [1.807, 2.05) is 0 Å². The van der Waals surface area contributed by atoms with Crippen LogP contribution < -0.4 is 0 Å². The van der Waals surface area contributed by atoms with Crippen molar-refractivity contribution in [2.75, 3.05) is 19.8 Å². The predicted molar refractivity (Wildman–Crippen MR) is 235 cm³/mol. The molecule has 2 fully saturated rings. The molecule has 13 unspecified atom stereocenters. The van der Waals surface area contributed by atoms with Gasteiger partial charge in [0.2, 0.25) is 0 Å². The van der Waals surface area contributed by atoms with E-state index in [0.29, 0.717) is 12.8 Å². The number of aliphatic hydroxyl groups excluding tert-OH is 8. The number of ether oxygens (including phenoxy) is 4. The van der Waals surface area contributed by atoms with E-state index >= 15 is 0 Å². The number of carbonyl (C=O) groups is 2. The average Bonchev–Trinajstić information content (AvgIpc) is 3.27. The molecule has 0 amide bonds. The van der Waals surface area contributed by atoms with Crippen molar-refractivity contribution in [3.05, 3.63) is 12.2 Å². The summed E-state index contributed by atoms with van der Waals surface area (Å²) in [5.74, 6) is -1.23. The second-order valence-corrected chi connectivity index (χ2v) is 18.7. The maximum Gasteiger partial charge on any atom is 0.472 e. The highest BCUT2D eigenvalue weighted by Gasteiger charge is 2.55. The van der Waals surface area contributed by atoms with Crippen LogP contribution in [0.25, 0.3) is 0 Å². The molecule has 9 N–H and O–H groups in total. The maximum absolute atomic E-state index is 13.4. The fraction of sp³-hybridized carbons (Fsp3) is 0.911. The lowest BCUT2D eigenvalue weighted by atomic mass is 9.84. The monoisotopic (exact) mass is 943 g/mol. The van der Waals surface area contributed by atoms with Gasteiger partial charge in [0, 0.05) is 12.8 Å². The Morgan fingerprint density at radius 2 is 1.03 bits per heavy atom. The van der Waals surface area contributed by atoms with Gasteiger partial charge < -0.3 is 64.7 Å². The van der Waals surface area contributed by atoms with E-state index in [-0.39, 0.29) is 12.8 Å². The van der Waals surface area contributed by atoms with Crippen molar-refractivity contribution in [2.24, 2.45) is 0 Å². The molecule has 0 aromatic rings. The molecule has 2 aliphatic rings. The number of esters is 2.